The van der Waals surface area contributed by atoms with Gasteiger partial charge < -0.3 is 14.0 Å². The van der Waals surface area contributed by atoms with Crippen molar-refractivity contribution in [2.75, 3.05) is 0 Å². The molecule has 1 N–H and O–H groups in total. The zero-order chi connectivity index (χ0) is 22.1. The molecule has 7 nitrogen and oxygen atoms in total. The van der Waals surface area contributed by atoms with Crippen molar-refractivity contribution in [3.8, 4) is 18.2 Å². The van der Waals surface area contributed by atoms with E-state index in [-0.39, 0.29) is 5.90 Å². The molecular weight excluding hydrogens is 390 g/mol. The summed E-state index contributed by atoms with van der Waals surface area (Å²) in [6, 6.07) is 10.2. The minimum Gasteiger partial charge on any atom is -0.447 e. The van der Waals surface area contributed by atoms with Crippen LogP contribution in [0.3, 0.4) is 0 Å². The first-order valence-electron chi connectivity index (χ1n) is 11.3. The fraction of sp³-hybridized carbons (Fsp3) is 0.667. The van der Waals surface area contributed by atoms with Crippen LogP contribution in [0.4, 0.5) is 0 Å². The monoisotopic (exact) mass is 419 g/mol. The van der Waals surface area contributed by atoms with Gasteiger partial charge in [0.05, 0.1) is 24.1 Å². The van der Waals surface area contributed by atoms with Gasteiger partial charge in [0.2, 0.25) is 17.1 Å². The SMILES string of the molecule is Cn1cccc1C1OC23CCCCCCCCCCC2C(C#N)(C(=N)O3)C1(C#N)C#N. The van der Waals surface area contributed by atoms with Crippen molar-refractivity contribution >= 4 is 5.90 Å². The summed E-state index contributed by atoms with van der Waals surface area (Å²) in [7, 11) is 1.83. The van der Waals surface area contributed by atoms with Crippen molar-refractivity contribution in [2.24, 2.45) is 23.8 Å². The average Bonchev–Trinajstić information content (AvgIpc) is 3.26. The summed E-state index contributed by atoms with van der Waals surface area (Å²) in [5.74, 6) is -1.96. The molecule has 0 radical (unpaired) electrons. The van der Waals surface area contributed by atoms with E-state index in [9.17, 15) is 15.8 Å². The van der Waals surface area contributed by atoms with Gasteiger partial charge >= 0.3 is 0 Å². The van der Waals surface area contributed by atoms with Crippen LogP contribution in [0.5, 0.6) is 0 Å². The van der Waals surface area contributed by atoms with Crippen LogP contribution in [0.2, 0.25) is 0 Å². The van der Waals surface area contributed by atoms with Gasteiger partial charge in [0.25, 0.3) is 0 Å². The molecule has 2 bridgehead atoms. The van der Waals surface area contributed by atoms with Crippen molar-refractivity contribution in [3.05, 3.63) is 24.0 Å². The average molecular weight is 420 g/mol. The summed E-state index contributed by atoms with van der Waals surface area (Å²) in [6.07, 6.45) is 10.5. The lowest BCUT2D eigenvalue weighted by atomic mass is 9.52. The van der Waals surface area contributed by atoms with Crippen molar-refractivity contribution < 1.29 is 9.47 Å². The van der Waals surface area contributed by atoms with E-state index in [0.717, 1.165) is 38.5 Å². The summed E-state index contributed by atoms with van der Waals surface area (Å²) >= 11 is 0. The second-order valence-corrected chi connectivity index (χ2v) is 9.16. The molecule has 3 heterocycles. The first-order valence-corrected chi connectivity index (χ1v) is 11.3. The van der Waals surface area contributed by atoms with Crippen molar-refractivity contribution in [3.63, 3.8) is 0 Å². The zero-order valence-corrected chi connectivity index (χ0v) is 18.1. The van der Waals surface area contributed by atoms with Gasteiger partial charge in [-0.05, 0) is 25.0 Å². The smallest absolute Gasteiger partial charge is 0.217 e. The second kappa shape index (κ2) is 8.03. The highest BCUT2D eigenvalue weighted by Crippen LogP contribution is 2.68. The molecule has 0 spiro atoms. The zero-order valence-electron chi connectivity index (χ0n) is 18.1. The van der Waals surface area contributed by atoms with Gasteiger partial charge in [-0.3, -0.25) is 5.41 Å². The molecule has 162 valence electrons. The van der Waals surface area contributed by atoms with Crippen LogP contribution in [0.1, 0.15) is 76.0 Å². The standard InChI is InChI=1S/C24H29N5O2/c1-29-14-10-11-18(29)20-22(15-25,16-26)23(17-27)19-12-8-6-4-2-3-5-7-9-13-24(19,30-20)31-21(23)28/h10-11,14,19-20,28H,2-9,12-13H2,1H3. The highest BCUT2D eigenvalue weighted by atomic mass is 16.7. The number of aryl methyl sites for hydroxylation is 1. The predicted molar refractivity (Wildman–Crippen MR) is 112 cm³/mol. The maximum atomic E-state index is 10.5. The van der Waals surface area contributed by atoms with E-state index in [1.165, 1.54) is 12.8 Å². The third kappa shape index (κ3) is 2.89. The predicted octanol–water partition coefficient (Wildman–Crippen LogP) is 4.87. The van der Waals surface area contributed by atoms with Crippen LogP contribution in [0.25, 0.3) is 0 Å². The number of nitrogens with zero attached hydrogens (tertiary/aromatic N) is 4. The Morgan fingerprint density at radius 2 is 1.65 bits per heavy atom. The molecule has 4 rings (SSSR count). The Morgan fingerprint density at radius 3 is 2.23 bits per heavy atom. The topological polar surface area (TPSA) is 119 Å². The number of ether oxygens (including phenoxy) is 2. The molecular formula is C24H29N5O2. The Kier molecular flexibility index (Phi) is 5.54. The Labute approximate surface area is 183 Å². The van der Waals surface area contributed by atoms with Gasteiger partial charge in [0.1, 0.15) is 6.10 Å². The Morgan fingerprint density at radius 1 is 1.00 bits per heavy atom. The molecule has 1 saturated carbocycles. The molecule has 4 unspecified atom stereocenters. The fourth-order valence-electron chi connectivity index (χ4n) is 5.93. The first kappa shape index (κ1) is 21.4. The van der Waals surface area contributed by atoms with Gasteiger partial charge in [-0.1, -0.05) is 44.9 Å². The third-order valence-electron chi connectivity index (χ3n) is 7.57. The van der Waals surface area contributed by atoms with Crippen molar-refractivity contribution in [1.82, 2.24) is 4.57 Å². The fourth-order valence-corrected chi connectivity index (χ4v) is 5.93. The minimum atomic E-state index is -1.87. The number of nitrogens with one attached hydrogen (secondary N) is 1. The number of nitriles is 3. The number of aromatic nitrogens is 1. The molecule has 3 fully saturated rings. The molecule has 3 aliphatic rings. The number of hydrogen-bond donors (Lipinski definition) is 1. The van der Waals surface area contributed by atoms with Gasteiger partial charge in [-0.15, -0.1) is 0 Å². The second-order valence-electron chi connectivity index (χ2n) is 9.16. The maximum Gasteiger partial charge on any atom is 0.217 e. The van der Waals surface area contributed by atoms with Crippen LogP contribution in [0, 0.1) is 56.2 Å². The van der Waals surface area contributed by atoms with E-state index in [1.807, 2.05) is 29.9 Å². The van der Waals surface area contributed by atoms with Gasteiger partial charge in [0, 0.05) is 25.4 Å². The number of hydrogen-bond acceptors (Lipinski definition) is 6. The summed E-state index contributed by atoms with van der Waals surface area (Å²) in [5.41, 5.74) is -2.88. The first-order chi connectivity index (χ1) is 15.0. The van der Waals surface area contributed by atoms with Crippen LogP contribution < -0.4 is 0 Å². The maximum absolute atomic E-state index is 10.5. The lowest BCUT2D eigenvalue weighted by Gasteiger charge is -2.50. The van der Waals surface area contributed by atoms with E-state index < -0.39 is 28.6 Å². The number of rotatable bonds is 1. The van der Waals surface area contributed by atoms with Crippen LogP contribution >= 0.6 is 0 Å². The molecule has 31 heavy (non-hydrogen) atoms. The van der Waals surface area contributed by atoms with Crippen molar-refractivity contribution in [2.45, 2.75) is 76.1 Å². The molecule has 1 aliphatic carbocycles. The quantitative estimate of drug-likeness (QED) is 0.696. The van der Waals surface area contributed by atoms with E-state index in [4.69, 9.17) is 14.9 Å². The Balaban J connectivity index is 1.89. The van der Waals surface area contributed by atoms with E-state index in [0.29, 0.717) is 18.5 Å². The normalized spacial score (nSPS) is 35.2. The highest BCUT2D eigenvalue weighted by Gasteiger charge is 2.80. The Hall–Kier alpha value is -2.82. The summed E-state index contributed by atoms with van der Waals surface area (Å²) in [5, 5.41) is 40.0. The van der Waals surface area contributed by atoms with Gasteiger partial charge in [-0.25, -0.2) is 0 Å². The van der Waals surface area contributed by atoms with Crippen LogP contribution in [0.15, 0.2) is 18.3 Å². The van der Waals surface area contributed by atoms with Gasteiger partial charge in [-0.2, -0.15) is 15.8 Å². The lowest BCUT2D eigenvalue weighted by Crippen LogP contribution is -2.59. The molecule has 0 amide bonds. The molecule has 2 aliphatic heterocycles. The summed E-state index contributed by atoms with van der Waals surface area (Å²) in [4.78, 5) is 0. The van der Waals surface area contributed by atoms with Crippen LogP contribution in [-0.2, 0) is 16.5 Å². The third-order valence-corrected chi connectivity index (χ3v) is 7.57. The molecule has 7 heteroatoms. The molecule has 2 saturated heterocycles. The highest BCUT2D eigenvalue weighted by molar-refractivity contribution is 5.89. The van der Waals surface area contributed by atoms with Crippen molar-refractivity contribution in [1.29, 1.82) is 21.2 Å². The molecule has 1 aromatic heterocycles. The molecule has 0 aromatic carbocycles. The van der Waals surface area contributed by atoms with Crippen LogP contribution in [-0.4, -0.2) is 16.3 Å². The Bertz CT molecular complexity index is 965. The van der Waals surface area contributed by atoms with E-state index in [1.54, 1.807) is 0 Å². The van der Waals surface area contributed by atoms with E-state index >= 15 is 0 Å². The molecule has 4 atom stereocenters. The summed E-state index contributed by atoms with van der Waals surface area (Å²) < 4.78 is 14.6. The van der Waals surface area contributed by atoms with E-state index in [2.05, 4.69) is 18.2 Å². The van der Waals surface area contributed by atoms with Gasteiger partial charge in [0.15, 0.2) is 5.41 Å². The largest absolute Gasteiger partial charge is 0.447 e. The molecule has 1 aromatic rings. The lowest BCUT2D eigenvalue weighted by molar-refractivity contribution is -0.289. The summed E-state index contributed by atoms with van der Waals surface area (Å²) in [6.45, 7) is 0. The minimum absolute atomic E-state index is 0.283.